The molecule has 3 heterocycles. The summed E-state index contributed by atoms with van der Waals surface area (Å²) in [6.07, 6.45) is -2.63. The fourth-order valence-electron chi connectivity index (χ4n) is 6.42. The van der Waals surface area contributed by atoms with Crippen LogP contribution in [0.4, 0.5) is 24.8 Å². The Labute approximate surface area is 269 Å². The number of aromatic nitrogens is 3. The van der Waals surface area contributed by atoms with E-state index in [0.717, 1.165) is 43.6 Å². The van der Waals surface area contributed by atoms with Crippen molar-refractivity contribution in [3.05, 3.63) is 86.5 Å². The van der Waals surface area contributed by atoms with Crippen LogP contribution in [-0.4, -0.2) is 84.0 Å². The standard InChI is InChI=1S/C31H34F3N7O3.CH2O2/c1-19-26(28(42)44-5)27(40-29(36-37-30(40)43)39(19)23-8-6-7-22(16-23)31(32,33)34)25-10-9-20(17-35)15-21(25)18-41(3,4)24-11-13-38(2)14-12-24;2-1-3/h6-10,15-16,24,27H,11-14,18H2,1-5H3;1H,(H,2,3)/t27-;/m1./s1. The van der Waals surface area contributed by atoms with E-state index in [1.807, 2.05) is 0 Å². The number of nitrogens with one attached hydrogen (secondary N) is 1. The summed E-state index contributed by atoms with van der Waals surface area (Å²) in [4.78, 5) is 38.8. The van der Waals surface area contributed by atoms with Gasteiger partial charge >= 0.3 is 17.8 Å². The molecule has 5 rings (SSSR count). The summed E-state index contributed by atoms with van der Waals surface area (Å²) in [5, 5.41) is 24.6. The average molecular weight is 656 g/mol. The van der Waals surface area contributed by atoms with Crippen molar-refractivity contribution in [2.24, 2.45) is 0 Å². The van der Waals surface area contributed by atoms with E-state index in [2.05, 4.69) is 42.3 Å². The van der Waals surface area contributed by atoms with Crippen molar-refractivity contribution in [3.8, 4) is 6.07 Å². The summed E-state index contributed by atoms with van der Waals surface area (Å²) in [7, 11) is 7.57. The maximum atomic E-state index is 13.7. The fourth-order valence-corrected chi connectivity index (χ4v) is 6.42. The third-order valence-corrected chi connectivity index (χ3v) is 8.80. The predicted octanol–water partition coefficient (Wildman–Crippen LogP) is 2.69. The summed E-state index contributed by atoms with van der Waals surface area (Å²) >= 11 is 0. The summed E-state index contributed by atoms with van der Waals surface area (Å²) < 4.78 is 48.0. The number of benzene rings is 2. The molecule has 3 aromatic rings. The minimum atomic E-state index is -4.61. The summed E-state index contributed by atoms with van der Waals surface area (Å²) in [6, 6.07) is 11.2. The smallest absolute Gasteiger partial charge is 0.416 e. The maximum Gasteiger partial charge on any atom is 0.416 e. The molecule has 250 valence electrons. The summed E-state index contributed by atoms with van der Waals surface area (Å²) in [5.41, 5.74) is 0.622. The highest BCUT2D eigenvalue weighted by Gasteiger charge is 2.42. The number of piperidine rings is 1. The van der Waals surface area contributed by atoms with E-state index < -0.39 is 35.9 Å². The Hall–Kier alpha value is -4.94. The van der Waals surface area contributed by atoms with E-state index >= 15 is 0 Å². The number of nitriles is 1. The van der Waals surface area contributed by atoms with Crippen molar-refractivity contribution in [3.63, 3.8) is 0 Å². The van der Waals surface area contributed by atoms with Crippen LogP contribution in [0.5, 0.6) is 0 Å². The van der Waals surface area contributed by atoms with Gasteiger partial charge in [0.05, 0.1) is 50.0 Å². The number of rotatable bonds is 6. The molecule has 1 N–H and O–H groups in total. The van der Waals surface area contributed by atoms with Gasteiger partial charge in [-0.15, -0.1) is 5.10 Å². The van der Waals surface area contributed by atoms with Crippen LogP contribution < -0.4 is 15.7 Å². The molecule has 1 fully saturated rings. The van der Waals surface area contributed by atoms with Crippen LogP contribution in [0.2, 0.25) is 0 Å². The average Bonchev–Trinajstić information content (AvgIpc) is 3.40. The number of likely N-dealkylation sites (tertiary alicyclic amines) is 1. The Morgan fingerprint density at radius 2 is 1.87 bits per heavy atom. The van der Waals surface area contributed by atoms with Gasteiger partial charge < -0.3 is 24.0 Å². The number of methoxy groups -OCH3 is 1. The second kappa shape index (κ2) is 13.8. The van der Waals surface area contributed by atoms with Crippen molar-refractivity contribution in [2.75, 3.05) is 46.2 Å². The summed E-state index contributed by atoms with van der Waals surface area (Å²) in [5.74, 6) is -0.730. The first kappa shape index (κ1) is 34.9. The highest BCUT2D eigenvalue weighted by Crippen LogP contribution is 2.44. The molecule has 0 aliphatic carbocycles. The van der Waals surface area contributed by atoms with Gasteiger partial charge in [0.1, 0.15) is 12.6 Å². The molecule has 15 heteroatoms. The van der Waals surface area contributed by atoms with Crippen LogP contribution in [0.1, 0.15) is 48.1 Å². The van der Waals surface area contributed by atoms with Crippen LogP contribution in [0, 0.1) is 11.3 Å². The van der Waals surface area contributed by atoms with Gasteiger partial charge in [-0.2, -0.15) is 18.4 Å². The molecule has 0 radical (unpaired) electrons. The number of hydrogen-bond acceptors (Lipinski definition) is 9. The fraction of sp³-hybridized carbons (Fsp3) is 0.406. The Morgan fingerprint density at radius 3 is 2.47 bits per heavy atom. The van der Waals surface area contributed by atoms with Gasteiger partial charge in [0.25, 0.3) is 0 Å². The number of H-pyrrole nitrogens is 1. The van der Waals surface area contributed by atoms with E-state index in [4.69, 9.17) is 14.6 Å². The van der Waals surface area contributed by atoms with Gasteiger partial charge in [0, 0.05) is 49.4 Å². The third-order valence-electron chi connectivity index (χ3n) is 8.80. The van der Waals surface area contributed by atoms with Crippen LogP contribution in [0.15, 0.2) is 58.5 Å². The zero-order valence-corrected chi connectivity index (χ0v) is 26.7. The number of hydrogen-bond donors (Lipinski definition) is 1. The first-order valence-electron chi connectivity index (χ1n) is 14.7. The molecule has 0 spiro atoms. The lowest BCUT2D eigenvalue weighted by Gasteiger charge is -2.43. The second-order valence-electron chi connectivity index (χ2n) is 12.1. The molecule has 0 saturated carbocycles. The summed E-state index contributed by atoms with van der Waals surface area (Å²) in [6.45, 7) is 3.52. The van der Waals surface area contributed by atoms with Crippen molar-refractivity contribution in [1.82, 2.24) is 19.7 Å². The molecule has 2 aromatic carbocycles. The highest BCUT2D eigenvalue weighted by molar-refractivity contribution is 5.93. The van der Waals surface area contributed by atoms with E-state index in [1.165, 1.54) is 28.7 Å². The topological polar surface area (TPSA) is 147 Å². The largest absolute Gasteiger partial charge is 0.554 e. The number of fused-ring (bicyclic) bond motifs is 1. The van der Waals surface area contributed by atoms with Crippen LogP contribution >= 0.6 is 0 Å². The molecular weight excluding hydrogens is 619 g/mol. The molecule has 0 amide bonds. The zero-order chi connectivity index (χ0) is 34.7. The Balaban J connectivity index is 0.00000160. The molecule has 1 atom stereocenters. The first-order valence-corrected chi connectivity index (χ1v) is 14.7. The van der Waals surface area contributed by atoms with Crippen LogP contribution in [-0.2, 0) is 27.0 Å². The predicted molar refractivity (Wildman–Crippen MR) is 163 cm³/mol. The minimum Gasteiger partial charge on any atom is -0.554 e. The number of halogens is 3. The second-order valence-corrected chi connectivity index (χ2v) is 12.1. The molecular formula is C32H36F3N7O5. The number of nitrogens with zero attached hydrogens (tertiary/aromatic N) is 6. The molecule has 0 bridgehead atoms. The van der Waals surface area contributed by atoms with Gasteiger partial charge in [-0.1, -0.05) is 12.1 Å². The number of alkyl halides is 3. The number of anilines is 2. The number of aromatic amines is 1. The van der Waals surface area contributed by atoms with Crippen molar-refractivity contribution in [2.45, 2.75) is 44.6 Å². The van der Waals surface area contributed by atoms with Crippen LogP contribution in [0.3, 0.4) is 0 Å². The number of carbonyl (C=O) groups is 2. The number of esters is 1. The van der Waals surface area contributed by atoms with Crippen molar-refractivity contribution < 1.29 is 37.1 Å². The van der Waals surface area contributed by atoms with E-state index in [9.17, 15) is 28.0 Å². The van der Waals surface area contributed by atoms with Gasteiger partial charge in [0.2, 0.25) is 5.95 Å². The Kier molecular flexibility index (Phi) is 10.3. The number of allylic oxidation sites excluding steroid dienone is 1. The molecule has 2 aliphatic rings. The SMILES string of the molecule is COC(=O)C1=C(C)N(c2cccc(C(F)(F)F)c2)c2n[nH]c(=O)n2[C@@H]1c1ccc(C#N)cc1C[N+](C)(C)C1CCN(C)CC1.O=C[O-]. The molecule has 12 nitrogen and oxygen atoms in total. The molecule has 0 unspecified atom stereocenters. The van der Waals surface area contributed by atoms with Gasteiger partial charge in [0.15, 0.2) is 0 Å². The number of quaternary nitrogens is 1. The van der Waals surface area contributed by atoms with Crippen molar-refractivity contribution in [1.29, 1.82) is 5.26 Å². The molecule has 47 heavy (non-hydrogen) atoms. The quantitative estimate of drug-likeness (QED) is 0.241. The van der Waals surface area contributed by atoms with Gasteiger partial charge in [-0.3, -0.25) is 4.90 Å². The number of carbonyl (C=O) groups excluding carboxylic acids is 2. The lowest BCUT2D eigenvalue weighted by molar-refractivity contribution is -0.929. The Bertz CT molecular complexity index is 1770. The minimum absolute atomic E-state index is 0.0175. The van der Waals surface area contributed by atoms with Crippen molar-refractivity contribution >= 4 is 24.1 Å². The van der Waals surface area contributed by atoms with Crippen LogP contribution in [0.25, 0.3) is 0 Å². The van der Waals surface area contributed by atoms with E-state index in [0.29, 0.717) is 28.2 Å². The lowest BCUT2D eigenvalue weighted by Crippen LogP contribution is -2.52. The van der Waals surface area contributed by atoms with E-state index in [-0.39, 0.29) is 22.9 Å². The first-order chi connectivity index (χ1) is 22.2. The van der Waals surface area contributed by atoms with E-state index in [1.54, 1.807) is 25.1 Å². The van der Waals surface area contributed by atoms with Gasteiger partial charge in [-0.25, -0.2) is 19.3 Å². The third kappa shape index (κ3) is 7.08. The highest BCUT2D eigenvalue weighted by atomic mass is 19.4. The monoisotopic (exact) mass is 655 g/mol. The van der Waals surface area contributed by atoms with Gasteiger partial charge in [-0.05, 0) is 49.9 Å². The number of carboxylic acid groups (broad SMARTS) is 1. The zero-order valence-electron chi connectivity index (χ0n) is 26.7. The maximum absolute atomic E-state index is 13.7. The normalized spacial score (nSPS) is 17.3. The molecule has 1 aromatic heterocycles. The Morgan fingerprint density at radius 1 is 1.21 bits per heavy atom. The number of ether oxygens (including phenoxy) is 1. The molecule has 2 aliphatic heterocycles. The molecule has 1 saturated heterocycles. The lowest BCUT2D eigenvalue weighted by atomic mass is 9.89.